The van der Waals surface area contributed by atoms with E-state index < -0.39 is 0 Å². The molecule has 0 saturated heterocycles. The minimum atomic E-state index is 0.489. The van der Waals surface area contributed by atoms with Crippen molar-refractivity contribution in [2.24, 2.45) is 0 Å². The van der Waals surface area contributed by atoms with E-state index in [9.17, 15) is 4.79 Å². The third kappa shape index (κ3) is 5.56. The number of pyridine rings is 1. The van der Waals surface area contributed by atoms with Gasteiger partial charge in [-0.15, -0.1) is 0 Å². The van der Waals surface area contributed by atoms with E-state index in [1.807, 2.05) is 26.2 Å². The van der Waals surface area contributed by atoms with Gasteiger partial charge >= 0.3 is 0 Å². The Labute approximate surface area is 72.8 Å². The van der Waals surface area contributed by atoms with Crippen molar-refractivity contribution in [1.29, 1.82) is 0 Å². The van der Waals surface area contributed by atoms with Crippen LogP contribution >= 0.6 is 0 Å². The molecule has 0 bridgehead atoms. The molecule has 1 N–H and O–H groups in total. The number of carbonyl (C=O) groups excluding carboxylic acids is 1. The highest BCUT2D eigenvalue weighted by Gasteiger charge is 1.85. The SMILES string of the molecule is CNC.O=CCc1ccncc1. The zero-order valence-corrected chi connectivity index (χ0v) is 7.45. The van der Waals surface area contributed by atoms with Gasteiger partial charge in [0.2, 0.25) is 0 Å². The molecule has 1 aromatic heterocycles. The van der Waals surface area contributed by atoms with Crippen LogP contribution in [0, 0.1) is 0 Å². The first-order chi connectivity index (χ1) is 5.85. The summed E-state index contributed by atoms with van der Waals surface area (Å²) in [6.45, 7) is 0. The molecule has 0 aromatic carbocycles. The van der Waals surface area contributed by atoms with Gasteiger partial charge in [-0.25, -0.2) is 0 Å². The summed E-state index contributed by atoms with van der Waals surface area (Å²) >= 11 is 0. The smallest absolute Gasteiger partial charge is 0.124 e. The van der Waals surface area contributed by atoms with Crippen molar-refractivity contribution in [3.63, 3.8) is 0 Å². The quantitative estimate of drug-likeness (QED) is 0.656. The number of nitrogens with one attached hydrogen (secondary N) is 1. The van der Waals surface area contributed by atoms with Gasteiger partial charge in [-0.05, 0) is 31.8 Å². The summed E-state index contributed by atoms with van der Waals surface area (Å²) < 4.78 is 0. The monoisotopic (exact) mass is 166 g/mol. The minimum Gasteiger partial charge on any atom is -0.323 e. The van der Waals surface area contributed by atoms with E-state index in [4.69, 9.17) is 0 Å². The number of hydrogen-bond donors (Lipinski definition) is 1. The molecule has 0 spiro atoms. The van der Waals surface area contributed by atoms with Crippen molar-refractivity contribution in [1.82, 2.24) is 10.3 Å². The van der Waals surface area contributed by atoms with Crippen LogP contribution in [0.5, 0.6) is 0 Å². The van der Waals surface area contributed by atoms with Crippen LogP contribution in [0.3, 0.4) is 0 Å². The molecule has 12 heavy (non-hydrogen) atoms. The predicted molar refractivity (Wildman–Crippen MR) is 49.0 cm³/mol. The van der Waals surface area contributed by atoms with E-state index in [0.29, 0.717) is 6.42 Å². The number of carbonyl (C=O) groups is 1. The average molecular weight is 166 g/mol. The highest BCUT2D eigenvalue weighted by molar-refractivity contribution is 5.54. The molecule has 0 aliphatic carbocycles. The second-order valence-electron chi connectivity index (χ2n) is 2.23. The van der Waals surface area contributed by atoms with Crippen molar-refractivity contribution < 1.29 is 4.79 Å². The van der Waals surface area contributed by atoms with Gasteiger partial charge in [0, 0.05) is 18.8 Å². The third-order valence-electron chi connectivity index (χ3n) is 1.07. The van der Waals surface area contributed by atoms with E-state index in [1.54, 1.807) is 12.4 Å². The predicted octanol–water partition coefficient (Wildman–Crippen LogP) is 0.659. The lowest BCUT2D eigenvalue weighted by atomic mass is 10.2. The van der Waals surface area contributed by atoms with Crippen LogP contribution < -0.4 is 5.32 Å². The van der Waals surface area contributed by atoms with E-state index in [2.05, 4.69) is 10.3 Å². The Balaban J connectivity index is 0.000000354. The van der Waals surface area contributed by atoms with Gasteiger partial charge in [0.05, 0.1) is 0 Å². The standard InChI is InChI=1S/C7H7NO.C2H7N/c9-6-3-7-1-4-8-5-2-7;1-3-2/h1-2,4-6H,3H2;3H,1-2H3. The topological polar surface area (TPSA) is 42.0 Å². The maximum Gasteiger partial charge on any atom is 0.124 e. The fraction of sp³-hybridized carbons (Fsp3) is 0.333. The normalized spacial score (nSPS) is 8.17. The summed E-state index contributed by atoms with van der Waals surface area (Å²) in [5.74, 6) is 0. The fourth-order valence-electron chi connectivity index (χ4n) is 0.615. The van der Waals surface area contributed by atoms with Gasteiger partial charge in [0.15, 0.2) is 0 Å². The summed E-state index contributed by atoms with van der Waals surface area (Å²) in [6, 6.07) is 3.66. The Morgan fingerprint density at radius 3 is 2.33 bits per heavy atom. The Morgan fingerprint density at radius 1 is 1.42 bits per heavy atom. The largest absolute Gasteiger partial charge is 0.323 e. The molecule has 3 heteroatoms. The van der Waals surface area contributed by atoms with Gasteiger partial charge in [0.1, 0.15) is 6.29 Å². The maximum atomic E-state index is 9.95. The molecular formula is C9H14N2O. The molecule has 0 unspecified atom stereocenters. The third-order valence-corrected chi connectivity index (χ3v) is 1.07. The average Bonchev–Trinajstić information content (AvgIpc) is 2.08. The van der Waals surface area contributed by atoms with Crippen LogP contribution in [0.25, 0.3) is 0 Å². The Bertz CT molecular complexity index is 199. The van der Waals surface area contributed by atoms with E-state index in [0.717, 1.165) is 11.8 Å². The van der Waals surface area contributed by atoms with Gasteiger partial charge in [-0.1, -0.05) is 0 Å². The van der Waals surface area contributed by atoms with E-state index in [-0.39, 0.29) is 0 Å². The zero-order chi connectivity index (χ0) is 9.23. The first-order valence-corrected chi connectivity index (χ1v) is 3.76. The number of rotatable bonds is 2. The first-order valence-electron chi connectivity index (χ1n) is 3.76. The Morgan fingerprint density at radius 2 is 1.92 bits per heavy atom. The second kappa shape index (κ2) is 7.88. The molecular weight excluding hydrogens is 152 g/mol. The number of aromatic nitrogens is 1. The number of hydrogen-bond acceptors (Lipinski definition) is 3. The lowest BCUT2D eigenvalue weighted by Gasteiger charge is -1.88. The zero-order valence-electron chi connectivity index (χ0n) is 7.45. The summed E-state index contributed by atoms with van der Waals surface area (Å²) in [4.78, 5) is 13.8. The van der Waals surface area contributed by atoms with Crippen molar-refractivity contribution in [3.05, 3.63) is 30.1 Å². The van der Waals surface area contributed by atoms with Gasteiger partial charge in [-0.2, -0.15) is 0 Å². The van der Waals surface area contributed by atoms with Gasteiger partial charge in [-0.3, -0.25) is 4.98 Å². The molecule has 0 aliphatic heterocycles. The van der Waals surface area contributed by atoms with Crippen LogP contribution in [0.4, 0.5) is 0 Å². The molecule has 1 rings (SSSR count). The van der Waals surface area contributed by atoms with Gasteiger partial charge in [0.25, 0.3) is 0 Å². The molecule has 1 aromatic rings. The van der Waals surface area contributed by atoms with Crippen molar-refractivity contribution in [2.75, 3.05) is 14.1 Å². The van der Waals surface area contributed by atoms with Crippen molar-refractivity contribution in [2.45, 2.75) is 6.42 Å². The lowest BCUT2D eigenvalue weighted by molar-refractivity contribution is -0.107. The molecule has 0 aliphatic rings. The molecule has 0 radical (unpaired) electrons. The fourth-order valence-corrected chi connectivity index (χ4v) is 0.615. The summed E-state index contributed by atoms with van der Waals surface area (Å²) in [5, 5.41) is 2.75. The van der Waals surface area contributed by atoms with E-state index in [1.165, 1.54) is 0 Å². The summed E-state index contributed by atoms with van der Waals surface area (Å²) in [7, 11) is 3.75. The highest BCUT2D eigenvalue weighted by atomic mass is 16.1. The van der Waals surface area contributed by atoms with Crippen LogP contribution in [0.15, 0.2) is 24.5 Å². The molecule has 0 atom stereocenters. The second-order valence-corrected chi connectivity index (χ2v) is 2.23. The molecule has 0 amide bonds. The van der Waals surface area contributed by atoms with Crippen LogP contribution in [-0.4, -0.2) is 25.4 Å². The Hall–Kier alpha value is -1.22. The number of aldehydes is 1. The van der Waals surface area contributed by atoms with E-state index >= 15 is 0 Å². The first kappa shape index (κ1) is 10.8. The van der Waals surface area contributed by atoms with Crippen LogP contribution in [0.1, 0.15) is 5.56 Å². The molecule has 0 fully saturated rings. The van der Waals surface area contributed by atoms with Crippen molar-refractivity contribution in [3.8, 4) is 0 Å². The Kier molecular flexibility index (Phi) is 7.08. The van der Waals surface area contributed by atoms with Gasteiger partial charge < -0.3 is 10.1 Å². The molecule has 66 valence electrons. The maximum absolute atomic E-state index is 9.95. The molecule has 1 heterocycles. The lowest BCUT2D eigenvalue weighted by Crippen LogP contribution is -1.89. The number of nitrogens with zero attached hydrogens (tertiary/aromatic N) is 1. The summed E-state index contributed by atoms with van der Waals surface area (Å²) in [6.07, 6.45) is 4.73. The van der Waals surface area contributed by atoms with Crippen LogP contribution in [-0.2, 0) is 11.2 Å². The highest BCUT2D eigenvalue weighted by Crippen LogP contribution is 1.93. The van der Waals surface area contributed by atoms with Crippen LogP contribution in [0.2, 0.25) is 0 Å². The molecule has 0 saturated carbocycles. The van der Waals surface area contributed by atoms with Crippen molar-refractivity contribution >= 4 is 6.29 Å². The minimum absolute atomic E-state index is 0.489. The summed E-state index contributed by atoms with van der Waals surface area (Å²) in [5.41, 5.74) is 1.01. The molecule has 3 nitrogen and oxygen atoms in total.